The predicted octanol–water partition coefficient (Wildman–Crippen LogP) is 2.31. The van der Waals surface area contributed by atoms with Crippen LogP contribution in [-0.2, 0) is 0 Å². The first kappa shape index (κ1) is 10.3. The van der Waals surface area contributed by atoms with Crippen molar-refractivity contribution in [2.24, 2.45) is 0 Å². The average Bonchev–Trinajstić information content (AvgIpc) is 2.95. The van der Waals surface area contributed by atoms with Gasteiger partial charge in [0.2, 0.25) is 0 Å². The second kappa shape index (κ2) is 3.23. The maximum atomic E-state index is 12.6. The van der Waals surface area contributed by atoms with E-state index in [0.717, 1.165) is 11.1 Å². The third kappa shape index (κ3) is 1.13. The molecule has 3 aromatic rings. The lowest BCUT2D eigenvalue weighted by atomic mass is 10.0. The number of hydrogen-bond donors (Lipinski definition) is 1. The van der Waals surface area contributed by atoms with Crippen LogP contribution in [0.25, 0.3) is 22.2 Å². The molecule has 0 bridgehead atoms. The molecule has 4 rings (SSSR count). The fourth-order valence-corrected chi connectivity index (χ4v) is 2.75. The summed E-state index contributed by atoms with van der Waals surface area (Å²) < 4.78 is 1.51. The van der Waals surface area contributed by atoms with Gasteiger partial charge in [-0.3, -0.25) is 14.2 Å². The van der Waals surface area contributed by atoms with E-state index in [0.29, 0.717) is 22.3 Å². The van der Waals surface area contributed by atoms with Crippen molar-refractivity contribution in [3.63, 3.8) is 0 Å². The van der Waals surface area contributed by atoms with Crippen LogP contribution in [0.1, 0.15) is 16.1 Å². The van der Waals surface area contributed by atoms with Crippen LogP contribution in [-0.4, -0.2) is 15.5 Å². The van der Waals surface area contributed by atoms with Crippen molar-refractivity contribution in [1.82, 2.24) is 9.55 Å². The average molecular weight is 250 g/mol. The van der Waals surface area contributed by atoms with E-state index in [-0.39, 0.29) is 11.3 Å². The number of rotatable bonds is 0. The van der Waals surface area contributed by atoms with E-state index in [9.17, 15) is 9.59 Å². The molecule has 1 N–H and O–H groups in total. The van der Waals surface area contributed by atoms with E-state index in [1.165, 1.54) is 4.57 Å². The second-order valence-electron chi connectivity index (χ2n) is 4.77. The number of nitrogens with zero attached hydrogens (tertiary/aromatic N) is 1. The Hall–Kier alpha value is -2.62. The quantitative estimate of drug-likeness (QED) is 0.520. The van der Waals surface area contributed by atoms with Crippen molar-refractivity contribution < 1.29 is 4.79 Å². The monoisotopic (exact) mass is 250 g/mol. The first-order valence-electron chi connectivity index (χ1n) is 6.06. The Morgan fingerprint density at radius 1 is 1.11 bits per heavy atom. The van der Waals surface area contributed by atoms with Gasteiger partial charge in [-0.1, -0.05) is 12.1 Å². The highest BCUT2D eigenvalue weighted by molar-refractivity contribution is 6.09. The largest absolute Gasteiger partial charge is 0.350 e. The van der Waals surface area contributed by atoms with Gasteiger partial charge in [0.05, 0.1) is 16.8 Å². The fraction of sp³-hybridized carbons (Fsp3) is 0.0667. The zero-order valence-electron chi connectivity index (χ0n) is 10.2. The SMILES string of the molecule is Cc1cccc2c(=O)c3c([nH]c12)C(=O)n1cccc1-3. The molecule has 0 radical (unpaired) electrons. The Labute approximate surface area is 108 Å². The summed E-state index contributed by atoms with van der Waals surface area (Å²) in [6.45, 7) is 1.92. The van der Waals surface area contributed by atoms with E-state index in [1.807, 2.05) is 19.1 Å². The molecule has 4 heteroatoms. The highest BCUT2D eigenvalue weighted by Crippen LogP contribution is 2.30. The molecule has 92 valence electrons. The molecule has 1 aliphatic rings. The first-order chi connectivity index (χ1) is 9.18. The minimum absolute atomic E-state index is 0.0850. The number of aromatic amines is 1. The number of benzene rings is 1. The number of carbonyl (C=O) groups excluding carboxylic acids is 1. The molecule has 0 atom stereocenters. The highest BCUT2D eigenvalue weighted by atomic mass is 16.2. The van der Waals surface area contributed by atoms with Crippen LogP contribution in [0, 0.1) is 6.92 Å². The molecule has 3 heterocycles. The molecular weight excluding hydrogens is 240 g/mol. The Balaban J connectivity index is 2.26. The number of pyridine rings is 1. The molecular formula is C15H10N2O2. The Bertz CT molecular complexity index is 916. The third-order valence-electron chi connectivity index (χ3n) is 3.68. The van der Waals surface area contributed by atoms with Gasteiger partial charge in [0, 0.05) is 11.6 Å². The van der Waals surface area contributed by atoms with Crippen LogP contribution >= 0.6 is 0 Å². The van der Waals surface area contributed by atoms with Gasteiger partial charge >= 0.3 is 0 Å². The molecule has 0 aliphatic carbocycles. The number of para-hydroxylation sites is 1. The standard InChI is InChI=1S/C15H10N2O2/c1-8-4-2-5-9-12(8)16-13-11(14(9)18)10-6-3-7-17(10)15(13)19/h2-7H,1H3,(H,16,18). The van der Waals surface area contributed by atoms with Crippen LogP contribution in [0.2, 0.25) is 0 Å². The van der Waals surface area contributed by atoms with Crippen LogP contribution in [0.4, 0.5) is 0 Å². The lowest BCUT2D eigenvalue weighted by Gasteiger charge is -2.04. The van der Waals surface area contributed by atoms with Gasteiger partial charge in [0.15, 0.2) is 5.43 Å². The zero-order chi connectivity index (χ0) is 13.1. The number of H-pyrrole nitrogens is 1. The number of nitrogens with one attached hydrogen (secondary N) is 1. The molecule has 0 amide bonds. The lowest BCUT2D eigenvalue weighted by Crippen LogP contribution is -2.11. The highest BCUT2D eigenvalue weighted by Gasteiger charge is 2.30. The second-order valence-corrected chi connectivity index (χ2v) is 4.77. The van der Waals surface area contributed by atoms with Gasteiger partial charge in [-0.25, -0.2) is 0 Å². The van der Waals surface area contributed by atoms with Gasteiger partial charge in [-0.2, -0.15) is 0 Å². The zero-order valence-corrected chi connectivity index (χ0v) is 10.2. The summed E-state index contributed by atoms with van der Waals surface area (Å²) in [5, 5.41) is 0.626. The van der Waals surface area contributed by atoms with E-state index in [2.05, 4.69) is 4.98 Å². The predicted molar refractivity (Wildman–Crippen MR) is 72.5 cm³/mol. The Kier molecular flexibility index (Phi) is 1.75. The number of carbonyl (C=O) groups is 1. The maximum Gasteiger partial charge on any atom is 0.279 e. The summed E-state index contributed by atoms with van der Waals surface area (Å²) >= 11 is 0. The number of fused-ring (bicyclic) bond motifs is 4. The summed E-state index contributed by atoms with van der Waals surface area (Å²) in [5.74, 6) is -0.169. The number of aromatic nitrogens is 2. The molecule has 0 fully saturated rings. The van der Waals surface area contributed by atoms with Crippen LogP contribution < -0.4 is 5.43 Å². The summed E-state index contributed by atoms with van der Waals surface area (Å²) in [6.07, 6.45) is 1.68. The summed E-state index contributed by atoms with van der Waals surface area (Å²) in [5.41, 5.74) is 3.16. The van der Waals surface area contributed by atoms with Crippen LogP contribution in [0.3, 0.4) is 0 Å². The molecule has 1 aromatic carbocycles. The maximum absolute atomic E-state index is 12.6. The molecule has 2 aromatic heterocycles. The molecule has 0 unspecified atom stereocenters. The van der Waals surface area contributed by atoms with E-state index >= 15 is 0 Å². The van der Waals surface area contributed by atoms with E-state index in [4.69, 9.17) is 0 Å². The fourth-order valence-electron chi connectivity index (χ4n) is 2.75. The summed E-state index contributed by atoms with van der Waals surface area (Å²) in [7, 11) is 0. The molecule has 4 nitrogen and oxygen atoms in total. The first-order valence-corrected chi connectivity index (χ1v) is 6.06. The summed E-state index contributed by atoms with van der Waals surface area (Å²) in [4.78, 5) is 28.0. The van der Waals surface area contributed by atoms with Gasteiger partial charge in [0.1, 0.15) is 5.69 Å². The Morgan fingerprint density at radius 3 is 2.79 bits per heavy atom. The lowest BCUT2D eigenvalue weighted by molar-refractivity contribution is 0.0965. The Morgan fingerprint density at radius 2 is 1.95 bits per heavy atom. The van der Waals surface area contributed by atoms with Crippen molar-refractivity contribution in [3.8, 4) is 11.3 Å². The number of aryl methyl sites for hydroxylation is 1. The number of hydrogen-bond acceptors (Lipinski definition) is 2. The van der Waals surface area contributed by atoms with Crippen molar-refractivity contribution in [2.75, 3.05) is 0 Å². The third-order valence-corrected chi connectivity index (χ3v) is 3.68. The van der Waals surface area contributed by atoms with Gasteiger partial charge in [-0.15, -0.1) is 0 Å². The normalized spacial score (nSPS) is 12.8. The molecule has 0 spiro atoms. The van der Waals surface area contributed by atoms with Crippen molar-refractivity contribution in [3.05, 3.63) is 58.0 Å². The smallest absolute Gasteiger partial charge is 0.279 e. The van der Waals surface area contributed by atoms with Gasteiger partial charge in [-0.05, 0) is 30.7 Å². The minimum atomic E-state index is -0.169. The van der Waals surface area contributed by atoms with Crippen LogP contribution in [0.5, 0.6) is 0 Å². The van der Waals surface area contributed by atoms with Gasteiger partial charge < -0.3 is 4.98 Å². The van der Waals surface area contributed by atoms with Crippen molar-refractivity contribution >= 4 is 16.8 Å². The van der Waals surface area contributed by atoms with E-state index < -0.39 is 0 Å². The van der Waals surface area contributed by atoms with Crippen molar-refractivity contribution in [1.29, 1.82) is 0 Å². The molecule has 0 saturated carbocycles. The van der Waals surface area contributed by atoms with Gasteiger partial charge in [0.25, 0.3) is 5.91 Å². The van der Waals surface area contributed by atoms with Crippen LogP contribution in [0.15, 0.2) is 41.3 Å². The molecule has 19 heavy (non-hydrogen) atoms. The van der Waals surface area contributed by atoms with E-state index in [1.54, 1.807) is 24.4 Å². The molecule has 0 saturated heterocycles. The topological polar surface area (TPSA) is 54.9 Å². The minimum Gasteiger partial charge on any atom is -0.350 e. The van der Waals surface area contributed by atoms with Crippen molar-refractivity contribution in [2.45, 2.75) is 6.92 Å². The molecule has 1 aliphatic heterocycles. The summed E-state index contributed by atoms with van der Waals surface area (Å²) in [6, 6.07) is 9.13.